The van der Waals surface area contributed by atoms with Crippen LogP contribution in [0.2, 0.25) is 0 Å². The standard InChI is InChI=1S/C22H25N3O4S/c1-4-28-19-8-10-20(11-9-19)30(26,27)25-18-7-5-6-17(14-18)21-12-13-22(24-23-21)29-15-16(2)3/h5-14,16,25H,4,15H2,1-3H3. The molecule has 1 N–H and O–H groups in total. The smallest absolute Gasteiger partial charge is 0.261 e. The van der Waals surface area contributed by atoms with Gasteiger partial charge in [-0.3, -0.25) is 4.72 Å². The summed E-state index contributed by atoms with van der Waals surface area (Å²) in [5, 5.41) is 8.26. The zero-order chi connectivity index (χ0) is 21.6. The van der Waals surface area contributed by atoms with Crippen LogP contribution in [0.25, 0.3) is 11.3 Å². The number of benzene rings is 2. The summed E-state index contributed by atoms with van der Waals surface area (Å²) in [6, 6.07) is 16.8. The van der Waals surface area contributed by atoms with Crippen molar-refractivity contribution in [2.75, 3.05) is 17.9 Å². The number of anilines is 1. The Balaban J connectivity index is 1.74. The van der Waals surface area contributed by atoms with Crippen molar-refractivity contribution in [1.29, 1.82) is 0 Å². The van der Waals surface area contributed by atoms with Crippen LogP contribution >= 0.6 is 0 Å². The van der Waals surface area contributed by atoms with Gasteiger partial charge in [0.1, 0.15) is 5.75 Å². The Labute approximate surface area is 177 Å². The fourth-order valence-electron chi connectivity index (χ4n) is 2.64. The molecule has 0 saturated carbocycles. The number of rotatable bonds is 9. The minimum Gasteiger partial charge on any atom is -0.494 e. The highest BCUT2D eigenvalue weighted by molar-refractivity contribution is 7.92. The molecule has 0 aliphatic carbocycles. The van der Waals surface area contributed by atoms with Crippen LogP contribution in [0.4, 0.5) is 5.69 Å². The van der Waals surface area contributed by atoms with Crippen molar-refractivity contribution in [1.82, 2.24) is 10.2 Å². The molecule has 0 amide bonds. The molecule has 0 aliphatic rings. The molecule has 8 heteroatoms. The maximum atomic E-state index is 12.7. The van der Waals surface area contributed by atoms with E-state index in [0.29, 0.717) is 42.1 Å². The summed E-state index contributed by atoms with van der Waals surface area (Å²) in [6.45, 7) is 7.07. The van der Waals surface area contributed by atoms with E-state index < -0.39 is 10.0 Å². The molecule has 0 fully saturated rings. The van der Waals surface area contributed by atoms with E-state index in [1.807, 2.05) is 13.0 Å². The molecule has 0 saturated heterocycles. The summed E-state index contributed by atoms with van der Waals surface area (Å²) in [5.41, 5.74) is 1.79. The van der Waals surface area contributed by atoms with Crippen LogP contribution in [0.1, 0.15) is 20.8 Å². The molecule has 3 aromatic rings. The van der Waals surface area contributed by atoms with Crippen LogP contribution in [0, 0.1) is 5.92 Å². The van der Waals surface area contributed by atoms with Crippen LogP contribution in [0.15, 0.2) is 65.6 Å². The van der Waals surface area contributed by atoms with E-state index in [0.717, 1.165) is 5.56 Å². The average molecular weight is 428 g/mol. The second-order valence-corrected chi connectivity index (χ2v) is 8.73. The van der Waals surface area contributed by atoms with Crippen LogP contribution in [0.3, 0.4) is 0 Å². The molecule has 0 bridgehead atoms. The number of nitrogens with zero attached hydrogens (tertiary/aromatic N) is 2. The molecule has 0 aliphatic heterocycles. The van der Waals surface area contributed by atoms with Gasteiger partial charge in [0, 0.05) is 17.3 Å². The number of hydrogen-bond acceptors (Lipinski definition) is 6. The van der Waals surface area contributed by atoms with Gasteiger partial charge >= 0.3 is 0 Å². The fourth-order valence-corrected chi connectivity index (χ4v) is 3.69. The van der Waals surface area contributed by atoms with Crippen LogP contribution in [-0.2, 0) is 10.0 Å². The Hall–Kier alpha value is -3.13. The van der Waals surface area contributed by atoms with Crippen molar-refractivity contribution in [3.05, 3.63) is 60.7 Å². The molecule has 0 atom stereocenters. The third kappa shape index (κ3) is 5.70. The Morgan fingerprint density at radius 2 is 1.73 bits per heavy atom. The lowest BCUT2D eigenvalue weighted by Gasteiger charge is -2.11. The predicted molar refractivity (Wildman–Crippen MR) is 116 cm³/mol. The van der Waals surface area contributed by atoms with Gasteiger partial charge in [-0.25, -0.2) is 8.42 Å². The van der Waals surface area contributed by atoms with E-state index in [4.69, 9.17) is 9.47 Å². The Morgan fingerprint density at radius 3 is 2.37 bits per heavy atom. The van der Waals surface area contributed by atoms with Crippen molar-refractivity contribution in [2.24, 2.45) is 5.92 Å². The van der Waals surface area contributed by atoms with Gasteiger partial charge in [-0.05, 0) is 55.3 Å². The van der Waals surface area contributed by atoms with Gasteiger partial charge in [0.25, 0.3) is 10.0 Å². The van der Waals surface area contributed by atoms with Crippen molar-refractivity contribution >= 4 is 15.7 Å². The second-order valence-electron chi connectivity index (χ2n) is 7.05. The third-order valence-electron chi connectivity index (χ3n) is 4.06. The number of nitrogens with one attached hydrogen (secondary N) is 1. The zero-order valence-electron chi connectivity index (χ0n) is 17.2. The third-order valence-corrected chi connectivity index (χ3v) is 5.46. The van der Waals surface area contributed by atoms with Crippen LogP contribution < -0.4 is 14.2 Å². The molecule has 0 radical (unpaired) electrons. The number of aromatic nitrogens is 2. The topological polar surface area (TPSA) is 90.4 Å². The summed E-state index contributed by atoms with van der Waals surface area (Å²) in [7, 11) is -3.73. The highest BCUT2D eigenvalue weighted by atomic mass is 32.2. The van der Waals surface area contributed by atoms with E-state index in [1.165, 1.54) is 12.1 Å². The molecular weight excluding hydrogens is 402 g/mol. The average Bonchev–Trinajstić information content (AvgIpc) is 2.73. The van der Waals surface area contributed by atoms with E-state index in [2.05, 4.69) is 28.8 Å². The molecule has 2 aromatic carbocycles. The van der Waals surface area contributed by atoms with Gasteiger partial charge in [0.15, 0.2) is 0 Å². The van der Waals surface area contributed by atoms with Gasteiger partial charge in [0.05, 0.1) is 23.8 Å². The van der Waals surface area contributed by atoms with Gasteiger partial charge in [-0.15, -0.1) is 10.2 Å². The molecule has 30 heavy (non-hydrogen) atoms. The first kappa shape index (κ1) is 21.6. The molecule has 158 valence electrons. The van der Waals surface area contributed by atoms with Crippen molar-refractivity contribution in [3.8, 4) is 22.9 Å². The maximum absolute atomic E-state index is 12.7. The minimum atomic E-state index is -3.73. The van der Waals surface area contributed by atoms with E-state index >= 15 is 0 Å². The largest absolute Gasteiger partial charge is 0.494 e. The van der Waals surface area contributed by atoms with E-state index in [9.17, 15) is 8.42 Å². The van der Waals surface area contributed by atoms with Gasteiger partial charge in [-0.2, -0.15) is 0 Å². The summed E-state index contributed by atoms with van der Waals surface area (Å²) in [5.74, 6) is 1.48. The Morgan fingerprint density at radius 1 is 0.967 bits per heavy atom. The lowest BCUT2D eigenvalue weighted by molar-refractivity contribution is 0.258. The molecule has 3 rings (SSSR count). The molecule has 1 aromatic heterocycles. The number of ether oxygens (including phenoxy) is 2. The first-order valence-corrected chi connectivity index (χ1v) is 11.2. The van der Waals surface area contributed by atoms with Crippen LogP contribution in [-0.4, -0.2) is 31.8 Å². The number of sulfonamides is 1. The monoisotopic (exact) mass is 427 g/mol. The molecule has 0 unspecified atom stereocenters. The maximum Gasteiger partial charge on any atom is 0.261 e. The quantitative estimate of drug-likeness (QED) is 0.545. The van der Waals surface area contributed by atoms with Crippen molar-refractivity contribution in [3.63, 3.8) is 0 Å². The highest BCUT2D eigenvalue weighted by Crippen LogP contribution is 2.24. The van der Waals surface area contributed by atoms with Gasteiger partial charge in [0.2, 0.25) is 5.88 Å². The highest BCUT2D eigenvalue weighted by Gasteiger charge is 2.15. The molecule has 7 nitrogen and oxygen atoms in total. The van der Waals surface area contributed by atoms with Gasteiger partial charge < -0.3 is 9.47 Å². The van der Waals surface area contributed by atoms with Crippen LogP contribution in [0.5, 0.6) is 11.6 Å². The summed E-state index contributed by atoms with van der Waals surface area (Å²) < 4.78 is 38.9. The molecular formula is C22H25N3O4S. The SMILES string of the molecule is CCOc1ccc(S(=O)(=O)Nc2cccc(-c3ccc(OCC(C)C)nn3)c2)cc1. The summed E-state index contributed by atoms with van der Waals surface area (Å²) in [6.07, 6.45) is 0. The second kappa shape index (κ2) is 9.58. The van der Waals surface area contributed by atoms with E-state index in [1.54, 1.807) is 42.5 Å². The van der Waals surface area contributed by atoms with Gasteiger partial charge in [-0.1, -0.05) is 26.0 Å². The van der Waals surface area contributed by atoms with E-state index in [-0.39, 0.29) is 4.90 Å². The first-order valence-electron chi connectivity index (χ1n) is 9.70. The lowest BCUT2D eigenvalue weighted by Crippen LogP contribution is -2.13. The Bertz CT molecular complexity index is 1070. The molecule has 1 heterocycles. The first-order chi connectivity index (χ1) is 14.4. The molecule has 0 spiro atoms. The summed E-state index contributed by atoms with van der Waals surface area (Å²) >= 11 is 0. The predicted octanol–water partition coefficient (Wildman–Crippen LogP) is 4.38. The minimum absolute atomic E-state index is 0.155. The normalized spacial score (nSPS) is 11.3. The number of hydrogen-bond donors (Lipinski definition) is 1. The fraction of sp³-hybridized carbons (Fsp3) is 0.273. The lowest BCUT2D eigenvalue weighted by atomic mass is 10.1. The summed E-state index contributed by atoms with van der Waals surface area (Å²) in [4.78, 5) is 0.155. The zero-order valence-corrected chi connectivity index (χ0v) is 18.0. The Kier molecular flexibility index (Phi) is 6.89. The van der Waals surface area contributed by atoms with Crippen molar-refractivity contribution < 1.29 is 17.9 Å². The van der Waals surface area contributed by atoms with Crippen molar-refractivity contribution in [2.45, 2.75) is 25.7 Å².